The van der Waals surface area contributed by atoms with Gasteiger partial charge < -0.3 is 9.57 Å². The van der Waals surface area contributed by atoms with Crippen molar-refractivity contribution < 1.29 is 19.2 Å². The van der Waals surface area contributed by atoms with Crippen LogP contribution in [-0.4, -0.2) is 18.7 Å². The van der Waals surface area contributed by atoms with Crippen LogP contribution in [0.2, 0.25) is 0 Å². The average molecular weight is 223 g/mol. The zero-order valence-electron chi connectivity index (χ0n) is 8.93. The molecular formula is C11H13NO4. The van der Waals surface area contributed by atoms with Gasteiger partial charge in [0.05, 0.1) is 6.61 Å². The molecule has 0 heterocycles. The number of rotatable bonds is 3. The van der Waals surface area contributed by atoms with Gasteiger partial charge in [0.25, 0.3) is 0 Å². The zero-order valence-corrected chi connectivity index (χ0v) is 8.93. The zero-order chi connectivity index (χ0) is 11.8. The van der Waals surface area contributed by atoms with E-state index < -0.39 is 12.1 Å². The van der Waals surface area contributed by atoms with Gasteiger partial charge in [-0.3, -0.25) is 4.79 Å². The highest BCUT2D eigenvalue weighted by Crippen LogP contribution is 1.99. The van der Waals surface area contributed by atoms with E-state index in [4.69, 9.17) is 4.74 Å². The van der Waals surface area contributed by atoms with E-state index in [0.717, 1.165) is 5.56 Å². The number of amides is 1. The highest BCUT2D eigenvalue weighted by Gasteiger charge is 2.03. The molecule has 0 spiro atoms. The minimum absolute atomic E-state index is 0.233. The molecule has 0 unspecified atom stereocenters. The molecule has 16 heavy (non-hydrogen) atoms. The third-order valence-corrected chi connectivity index (χ3v) is 1.74. The maximum Gasteiger partial charge on any atom is 0.440 e. The van der Waals surface area contributed by atoms with Crippen LogP contribution in [0.15, 0.2) is 30.3 Å². The Morgan fingerprint density at radius 1 is 1.25 bits per heavy atom. The number of hydrogen-bond donors (Lipinski definition) is 1. The number of ether oxygens (including phenoxy) is 1. The van der Waals surface area contributed by atoms with E-state index in [1.807, 2.05) is 35.8 Å². The summed E-state index contributed by atoms with van der Waals surface area (Å²) in [5, 5.41) is 0. The fourth-order valence-corrected chi connectivity index (χ4v) is 1.05. The van der Waals surface area contributed by atoms with E-state index in [9.17, 15) is 9.59 Å². The molecule has 0 bridgehead atoms. The molecule has 0 saturated carbocycles. The Hall–Kier alpha value is -2.04. The van der Waals surface area contributed by atoms with Crippen molar-refractivity contribution >= 4 is 12.1 Å². The second-order valence-corrected chi connectivity index (χ2v) is 3.07. The van der Waals surface area contributed by atoms with Gasteiger partial charge in [-0.1, -0.05) is 30.3 Å². The van der Waals surface area contributed by atoms with Crippen LogP contribution in [0.25, 0.3) is 0 Å². The highest BCUT2D eigenvalue weighted by molar-refractivity contribution is 5.71. The third-order valence-electron chi connectivity index (χ3n) is 1.74. The Labute approximate surface area is 93.3 Å². The van der Waals surface area contributed by atoms with E-state index in [-0.39, 0.29) is 6.61 Å². The number of carbonyl (C=O) groups is 2. The van der Waals surface area contributed by atoms with Gasteiger partial charge in [0.1, 0.15) is 0 Å². The molecule has 1 aromatic carbocycles. The number of hydrogen-bond acceptors (Lipinski definition) is 4. The first-order valence-corrected chi connectivity index (χ1v) is 4.82. The second-order valence-electron chi connectivity index (χ2n) is 3.07. The molecule has 0 aliphatic rings. The third kappa shape index (κ3) is 4.99. The molecule has 0 aliphatic carbocycles. The fourth-order valence-electron chi connectivity index (χ4n) is 1.05. The van der Waals surface area contributed by atoms with E-state index in [2.05, 4.69) is 4.84 Å². The maximum absolute atomic E-state index is 10.9. The Bertz CT molecular complexity index is 350. The summed E-state index contributed by atoms with van der Waals surface area (Å²) in [5.74, 6) is -0.597. The number of benzene rings is 1. The van der Waals surface area contributed by atoms with Crippen molar-refractivity contribution in [3.63, 3.8) is 0 Å². The lowest BCUT2D eigenvalue weighted by Crippen LogP contribution is -2.27. The topological polar surface area (TPSA) is 64.6 Å². The second kappa shape index (κ2) is 6.44. The molecule has 86 valence electrons. The van der Waals surface area contributed by atoms with Gasteiger partial charge in [0.2, 0.25) is 0 Å². The number of carbonyl (C=O) groups excluding carboxylic acids is 2. The Morgan fingerprint density at radius 3 is 2.56 bits per heavy atom. The van der Waals surface area contributed by atoms with Crippen LogP contribution in [0.5, 0.6) is 0 Å². The summed E-state index contributed by atoms with van der Waals surface area (Å²) in [7, 11) is 0. The quantitative estimate of drug-likeness (QED) is 0.787. The normalized spacial score (nSPS) is 9.31. The molecule has 0 aromatic heterocycles. The van der Waals surface area contributed by atoms with Crippen molar-refractivity contribution in [3.05, 3.63) is 35.9 Å². The predicted octanol–water partition coefficient (Wildman–Crippen LogP) is 1.43. The van der Waals surface area contributed by atoms with Crippen LogP contribution in [0.3, 0.4) is 0 Å². The standard InChI is InChI=1S/C11H13NO4/c1-9(13)16-12-11(14)15-8-7-10-5-3-2-4-6-10/h2-6H,7-8H2,1H3,(H,12,14). The van der Waals surface area contributed by atoms with Crippen LogP contribution in [-0.2, 0) is 20.8 Å². The summed E-state index contributed by atoms with van der Waals surface area (Å²) in [5.41, 5.74) is 2.93. The number of nitrogens with one attached hydrogen (secondary N) is 1. The van der Waals surface area contributed by atoms with Crippen LogP contribution < -0.4 is 5.48 Å². The number of hydroxylamine groups is 1. The van der Waals surface area contributed by atoms with Gasteiger partial charge in [-0.2, -0.15) is 0 Å². The summed E-state index contributed by atoms with van der Waals surface area (Å²) in [6, 6.07) is 9.61. The van der Waals surface area contributed by atoms with Crippen LogP contribution in [0.4, 0.5) is 4.79 Å². The van der Waals surface area contributed by atoms with Gasteiger partial charge in [-0.05, 0) is 5.56 Å². The first kappa shape index (κ1) is 12.0. The monoisotopic (exact) mass is 223 g/mol. The lowest BCUT2D eigenvalue weighted by atomic mass is 10.2. The maximum atomic E-state index is 10.9. The highest BCUT2D eigenvalue weighted by atomic mass is 16.7. The van der Waals surface area contributed by atoms with Gasteiger partial charge >= 0.3 is 12.1 Å². The van der Waals surface area contributed by atoms with Crippen molar-refractivity contribution in [2.75, 3.05) is 6.61 Å². The minimum Gasteiger partial charge on any atom is -0.447 e. The lowest BCUT2D eigenvalue weighted by Gasteiger charge is -2.05. The summed E-state index contributed by atoms with van der Waals surface area (Å²) < 4.78 is 4.77. The summed E-state index contributed by atoms with van der Waals surface area (Å²) in [6.07, 6.45) is -0.153. The van der Waals surface area contributed by atoms with Gasteiger partial charge in [0, 0.05) is 13.3 Å². The predicted molar refractivity (Wildman–Crippen MR) is 56.4 cm³/mol. The van der Waals surface area contributed by atoms with Gasteiger partial charge in [-0.15, -0.1) is 5.48 Å². The van der Waals surface area contributed by atoms with Gasteiger partial charge in [-0.25, -0.2) is 4.79 Å². The Morgan fingerprint density at radius 2 is 1.94 bits per heavy atom. The molecule has 1 rings (SSSR count). The Balaban J connectivity index is 2.16. The van der Waals surface area contributed by atoms with Crippen molar-refractivity contribution in [1.29, 1.82) is 0 Å². The first-order chi connectivity index (χ1) is 7.68. The van der Waals surface area contributed by atoms with E-state index in [1.54, 1.807) is 0 Å². The average Bonchev–Trinajstić information content (AvgIpc) is 2.28. The van der Waals surface area contributed by atoms with Crippen LogP contribution in [0.1, 0.15) is 12.5 Å². The molecule has 5 heteroatoms. The fraction of sp³-hybridized carbons (Fsp3) is 0.273. The first-order valence-electron chi connectivity index (χ1n) is 4.82. The molecule has 0 radical (unpaired) electrons. The van der Waals surface area contributed by atoms with Crippen molar-refractivity contribution in [2.24, 2.45) is 0 Å². The van der Waals surface area contributed by atoms with Crippen molar-refractivity contribution in [3.8, 4) is 0 Å². The summed E-state index contributed by atoms with van der Waals surface area (Å²) in [6.45, 7) is 1.42. The molecule has 1 N–H and O–H groups in total. The van der Waals surface area contributed by atoms with E-state index >= 15 is 0 Å². The molecule has 0 aliphatic heterocycles. The van der Waals surface area contributed by atoms with E-state index in [1.165, 1.54) is 6.92 Å². The largest absolute Gasteiger partial charge is 0.447 e. The molecular weight excluding hydrogens is 210 g/mol. The molecule has 0 fully saturated rings. The lowest BCUT2D eigenvalue weighted by molar-refractivity contribution is -0.147. The molecule has 0 atom stereocenters. The molecule has 1 aromatic rings. The van der Waals surface area contributed by atoms with Gasteiger partial charge in [0.15, 0.2) is 0 Å². The summed E-state index contributed by atoms with van der Waals surface area (Å²) in [4.78, 5) is 25.5. The minimum atomic E-state index is -0.772. The van der Waals surface area contributed by atoms with Crippen LogP contribution >= 0.6 is 0 Å². The van der Waals surface area contributed by atoms with E-state index in [0.29, 0.717) is 6.42 Å². The molecule has 1 amide bonds. The molecule has 0 saturated heterocycles. The smallest absolute Gasteiger partial charge is 0.440 e. The van der Waals surface area contributed by atoms with Crippen LogP contribution in [0, 0.1) is 0 Å². The van der Waals surface area contributed by atoms with Crippen molar-refractivity contribution in [1.82, 2.24) is 5.48 Å². The Kier molecular flexibility index (Phi) is 4.85. The van der Waals surface area contributed by atoms with Crippen molar-refractivity contribution in [2.45, 2.75) is 13.3 Å². The SMILES string of the molecule is CC(=O)ONC(=O)OCCc1ccccc1. The summed E-state index contributed by atoms with van der Waals surface area (Å²) >= 11 is 0. The molecule has 5 nitrogen and oxygen atoms in total.